The Morgan fingerprint density at radius 2 is 1.37 bits per heavy atom. The Labute approximate surface area is 290 Å². The normalized spacial score (nSPS) is 13.5. The molecule has 4 aromatic heterocycles. The number of pyridine rings is 2. The molecule has 244 valence electrons. The third-order valence-electron chi connectivity index (χ3n) is 8.42. The van der Waals surface area contributed by atoms with Crippen molar-refractivity contribution in [2.45, 2.75) is 44.9 Å². The molecule has 2 aromatic carbocycles. The van der Waals surface area contributed by atoms with Crippen molar-refractivity contribution in [1.82, 2.24) is 19.9 Å². The molecule has 0 saturated carbocycles. The summed E-state index contributed by atoms with van der Waals surface area (Å²) in [6.07, 6.45) is 10.2. The summed E-state index contributed by atoms with van der Waals surface area (Å²) in [4.78, 5) is 31.8. The van der Waals surface area contributed by atoms with E-state index in [1.807, 2.05) is 24.3 Å². The molecular weight excluding hydrogens is 661 g/mol. The highest BCUT2D eigenvalue weighted by Crippen LogP contribution is 2.35. The highest BCUT2D eigenvalue weighted by Gasteiger charge is 2.20. The average molecular weight is 690 g/mol. The highest BCUT2D eigenvalue weighted by molar-refractivity contribution is 7.18. The van der Waals surface area contributed by atoms with E-state index >= 15 is 0 Å². The van der Waals surface area contributed by atoms with Crippen molar-refractivity contribution >= 4 is 28.5 Å². The van der Waals surface area contributed by atoms with Gasteiger partial charge in [0.15, 0.2) is 5.78 Å². The molecule has 0 fully saturated rings. The van der Waals surface area contributed by atoms with E-state index in [4.69, 9.17) is 15.0 Å². The average Bonchev–Trinajstić information content (AvgIpc) is 3.83. The summed E-state index contributed by atoms with van der Waals surface area (Å²) < 4.78 is 32.5. The Balaban J connectivity index is 0.000000154. The fourth-order valence-electron chi connectivity index (χ4n) is 5.99. The van der Waals surface area contributed by atoms with Gasteiger partial charge in [-0.1, -0.05) is 6.07 Å². The molecule has 49 heavy (non-hydrogen) atoms. The van der Waals surface area contributed by atoms with Crippen molar-refractivity contribution in [3.8, 4) is 54.1 Å². The smallest absolute Gasteiger partial charge is 0.164 e. The SMILES string of the molecule is COc1cc(F)cc(-c2cnc(-c3ccc4c(n3)CCCC4)s2)c1.N#Cc1cc(F)cc(-c2cnc(-c3ccc4c(n3)CCCC4=O)s2)c1. The maximum atomic E-state index is 13.7. The molecule has 0 aliphatic heterocycles. The molecule has 0 radical (unpaired) electrons. The molecule has 11 heteroatoms. The zero-order valence-electron chi connectivity index (χ0n) is 26.5. The van der Waals surface area contributed by atoms with Crippen LogP contribution in [-0.4, -0.2) is 32.8 Å². The third-order valence-corrected chi connectivity index (χ3v) is 10.6. The number of aryl methyl sites for hydroxylation is 3. The number of ether oxygens (including phenoxy) is 1. The van der Waals surface area contributed by atoms with Crippen LogP contribution in [0.15, 0.2) is 73.1 Å². The molecule has 2 aliphatic rings. The first-order valence-corrected chi connectivity index (χ1v) is 17.5. The number of carbonyl (C=O) groups is 1. The van der Waals surface area contributed by atoms with Gasteiger partial charge in [0.2, 0.25) is 0 Å². The molecule has 0 unspecified atom stereocenters. The highest BCUT2D eigenvalue weighted by atomic mass is 32.1. The number of carbonyl (C=O) groups excluding carboxylic acids is 1. The zero-order chi connectivity index (χ0) is 33.9. The Morgan fingerprint density at radius 3 is 2.08 bits per heavy atom. The topological polar surface area (TPSA) is 102 Å². The van der Waals surface area contributed by atoms with Crippen LogP contribution in [0.4, 0.5) is 8.78 Å². The largest absolute Gasteiger partial charge is 0.497 e. The van der Waals surface area contributed by atoms with Crippen LogP contribution in [0, 0.1) is 23.0 Å². The zero-order valence-corrected chi connectivity index (χ0v) is 28.1. The predicted octanol–water partition coefficient (Wildman–Crippen LogP) is 9.30. The third kappa shape index (κ3) is 7.16. The number of ketones is 1. The Morgan fingerprint density at radius 1 is 0.735 bits per heavy atom. The summed E-state index contributed by atoms with van der Waals surface area (Å²) in [5, 5.41) is 10.6. The van der Waals surface area contributed by atoms with Crippen molar-refractivity contribution in [3.63, 3.8) is 0 Å². The Kier molecular flexibility index (Phi) is 9.33. The molecule has 0 atom stereocenters. The number of fused-ring (bicyclic) bond motifs is 2. The number of halogens is 2. The minimum atomic E-state index is -0.450. The van der Waals surface area contributed by atoms with Gasteiger partial charge in [-0.2, -0.15) is 5.26 Å². The number of hydrogen-bond donors (Lipinski definition) is 0. The number of benzene rings is 2. The van der Waals surface area contributed by atoms with Crippen molar-refractivity contribution in [2.24, 2.45) is 0 Å². The molecule has 0 N–H and O–H groups in total. The first-order valence-electron chi connectivity index (χ1n) is 15.9. The van der Waals surface area contributed by atoms with Gasteiger partial charge < -0.3 is 4.74 Å². The van der Waals surface area contributed by atoms with Gasteiger partial charge in [0.1, 0.15) is 27.4 Å². The molecule has 0 amide bonds. The lowest BCUT2D eigenvalue weighted by Gasteiger charge is -2.14. The van der Waals surface area contributed by atoms with Gasteiger partial charge in [-0.25, -0.2) is 23.7 Å². The standard InChI is InChI=1S/C19H12FN3OS.C19H17FN2OS/c20-13-7-11(9-21)6-12(8-13)18-10-22-19(25-18)16-5-4-14-15(23-16)2-1-3-17(14)24;1-23-15-9-13(8-14(20)10-15)18-11-21-19(24-18)17-7-6-12-4-2-3-5-16(12)22-17/h4-8,10H,1-3H2;6-11H,2-5H2,1H3. The van der Waals surface area contributed by atoms with Crippen molar-refractivity contribution in [3.05, 3.63) is 113 Å². The van der Waals surface area contributed by atoms with E-state index in [0.717, 1.165) is 57.4 Å². The van der Waals surface area contributed by atoms with Crippen LogP contribution in [0.1, 0.15) is 58.6 Å². The quantitative estimate of drug-likeness (QED) is 0.178. The van der Waals surface area contributed by atoms with Gasteiger partial charge in [0, 0.05) is 36.1 Å². The van der Waals surface area contributed by atoms with Gasteiger partial charge >= 0.3 is 0 Å². The summed E-state index contributed by atoms with van der Waals surface area (Å²) >= 11 is 2.91. The number of nitriles is 1. The minimum absolute atomic E-state index is 0.143. The molecule has 7 nitrogen and oxygen atoms in total. The van der Waals surface area contributed by atoms with Crippen molar-refractivity contribution < 1.29 is 18.3 Å². The number of nitrogens with zero attached hydrogens (tertiary/aromatic N) is 5. The maximum absolute atomic E-state index is 13.7. The van der Waals surface area contributed by atoms with Gasteiger partial charge in [-0.3, -0.25) is 9.78 Å². The Bertz CT molecular complexity index is 2240. The van der Waals surface area contributed by atoms with Crippen LogP contribution >= 0.6 is 22.7 Å². The summed E-state index contributed by atoms with van der Waals surface area (Å²) in [6, 6.07) is 18.7. The molecule has 0 spiro atoms. The molecule has 0 bridgehead atoms. The second-order valence-electron chi connectivity index (χ2n) is 11.8. The van der Waals surface area contributed by atoms with Crippen molar-refractivity contribution in [2.75, 3.05) is 7.11 Å². The summed E-state index contributed by atoms with van der Waals surface area (Å²) in [6.45, 7) is 0. The number of aromatic nitrogens is 4. The predicted molar refractivity (Wildman–Crippen MR) is 187 cm³/mol. The van der Waals surface area contributed by atoms with Gasteiger partial charge in [-0.15, -0.1) is 22.7 Å². The molecule has 6 aromatic rings. The monoisotopic (exact) mass is 689 g/mol. The van der Waals surface area contributed by atoms with Gasteiger partial charge in [-0.05, 0) is 104 Å². The number of methoxy groups -OCH3 is 1. The van der Waals surface area contributed by atoms with Crippen LogP contribution in [0.5, 0.6) is 5.75 Å². The van der Waals surface area contributed by atoms with Crippen molar-refractivity contribution in [1.29, 1.82) is 5.26 Å². The molecule has 2 aliphatic carbocycles. The second-order valence-corrected chi connectivity index (χ2v) is 13.8. The number of thiazole rings is 2. The minimum Gasteiger partial charge on any atom is -0.497 e. The second kappa shape index (κ2) is 14.1. The van der Waals surface area contributed by atoms with Crippen LogP contribution < -0.4 is 4.74 Å². The van der Waals surface area contributed by atoms with E-state index in [0.29, 0.717) is 34.0 Å². The first kappa shape index (κ1) is 32.4. The first-order chi connectivity index (χ1) is 23.9. The van der Waals surface area contributed by atoms with E-state index in [1.54, 1.807) is 24.5 Å². The molecule has 8 rings (SSSR count). The lowest BCUT2D eigenvalue weighted by molar-refractivity contribution is 0.0971. The lowest BCUT2D eigenvalue weighted by Crippen LogP contribution is -2.12. The molecule has 4 heterocycles. The van der Waals surface area contributed by atoms with E-state index < -0.39 is 5.82 Å². The fourth-order valence-corrected chi connectivity index (χ4v) is 7.73. The van der Waals surface area contributed by atoms with Crippen LogP contribution in [0.2, 0.25) is 0 Å². The summed E-state index contributed by atoms with van der Waals surface area (Å²) in [7, 11) is 1.54. The van der Waals surface area contributed by atoms with Crippen LogP contribution in [-0.2, 0) is 19.3 Å². The summed E-state index contributed by atoms with van der Waals surface area (Å²) in [5.41, 5.74) is 7.35. The van der Waals surface area contributed by atoms with E-state index in [9.17, 15) is 13.6 Å². The fraction of sp³-hybridized carbons (Fsp3) is 0.211. The van der Waals surface area contributed by atoms with E-state index in [1.165, 1.54) is 78.1 Å². The maximum Gasteiger partial charge on any atom is 0.164 e. The Hall–Kier alpha value is -5.18. The van der Waals surface area contributed by atoms with Crippen LogP contribution in [0.25, 0.3) is 42.3 Å². The molecular formula is C38H29F2N5O2S2. The number of hydrogen-bond acceptors (Lipinski definition) is 9. The van der Waals surface area contributed by atoms with Gasteiger partial charge in [0.25, 0.3) is 0 Å². The van der Waals surface area contributed by atoms with E-state index in [-0.39, 0.29) is 17.2 Å². The number of rotatable bonds is 5. The van der Waals surface area contributed by atoms with E-state index in [2.05, 4.69) is 21.0 Å². The molecule has 0 saturated heterocycles. The van der Waals surface area contributed by atoms with Gasteiger partial charge in [0.05, 0.1) is 45.6 Å². The summed E-state index contributed by atoms with van der Waals surface area (Å²) in [5.74, 6) is -0.114. The van der Waals surface area contributed by atoms with Crippen LogP contribution in [0.3, 0.4) is 0 Å². The number of Topliss-reactive ketones (excluding diaryl/α,β-unsaturated/α-hetero) is 1. The lowest BCUT2D eigenvalue weighted by atomic mass is 9.94.